The summed E-state index contributed by atoms with van der Waals surface area (Å²) in [6.07, 6.45) is 0.605. The molecule has 7 heteroatoms. The van der Waals surface area contributed by atoms with Gasteiger partial charge >= 0.3 is 0 Å². The molecule has 2 aromatic rings. The molecular weight excluding hydrogens is 371 g/mol. The molecule has 0 atom stereocenters. The summed E-state index contributed by atoms with van der Waals surface area (Å²) in [6.45, 7) is 3.42. The Kier molecular flexibility index (Phi) is 6.80. The minimum atomic E-state index is -1.31. The first-order valence-corrected chi connectivity index (χ1v) is 8.79. The minimum Gasteiger partial charge on any atom is -0.497 e. The number of carbonyl (C=O) groups excluding carboxylic acids is 2. The molecule has 0 aliphatic heterocycles. The van der Waals surface area contributed by atoms with Crippen LogP contribution in [0.2, 0.25) is 5.02 Å². The molecule has 5 nitrogen and oxygen atoms in total. The second kappa shape index (κ2) is 8.86. The summed E-state index contributed by atoms with van der Waals surface area (Å²) in [6, 6.07) is 11.4. The van der Waals surface area contributed by atoms with Gasteiger partial charge in [0, 0.05) is 12.2 Å². The second-order valence-corrected chi connectivity index (χ2v) is 6.97. The molecule has 144 valence electrons. The number of ether oxygens (including phenoxy) is 1. The quantitative estimate of drug-likeness (QED) is 0.704. The van der Waals surface area contributed by atoms with Gasteiger partial charge in [-0.3, -0.25) is 9.59 Å². The molecule has 0 saturated carbocycles. The number of carbonyl (C=O) groups is 2. The van der Waals surface area contributed by atoms with Crippen LogP contribution in [0.3, 0.4) is 0 Å². The molecule has 0 aromatic heterocycles. The summed E-state index contributed by atoms with van der Waals surface area (Å²) in [7, 11) is 1.59. The lowest BCUT2D eigenvalue weighted by atomic mass is 9.91. The molecule has 0 radical (unpaired) electrons. The second-order valence-electron chi connectivity index (χ2n) is 6.57. The fraction of sp³-hybridized carbons (Fsp3) is 0.300. The first kappa shape index (κ1) is 20.7. The van der Waals surface area contributed by atoms with Gasteiger partial charge in [-0.15, -0.1) is 0 Å². The van der Waals surface area contributed by atoms with Crippen LogP contribution in [0.25, 0.3) is 0 Å². The molecule has 27 heavy (non-hydrogen) atoms. The third-order valence-electron chi connectivity index (χ3n) is 4.15. The fourth-order valence-corrected chi connectivity index (χ4v) is 2.51. The molecule has 2 rings (SSSR count). The smallest absolute Gasteiger partial charge is 0.239 e. The number of hydrogen-bond donors (Lipinski definition) is 2. The van der Waals surface area contributed by atoms with Gasteiger partial charge in [0.15, 0.2) is 0 Å². The highest BCUT2D eigenvalue weighted by Crippen LogP contribution is 2.23. The Morgan fingerprint density at radius 2 is 1.89 bits per heavy atom. The molecule has 0 aliphatic carbocycles. The predicted octanol–water partition coefficient (Wildman–Crippen LogP) is 3.81. The number of halogens is 2. The van der Waals surface area contributed by atoms with Gasteiger partial charge in [0.05, 0.1) is 12.1 Å². The number of rotatable bonds is 7. The third kappa shape index (κ3) is 5.44. The zero-order chi connectivity index (χ0) is 20.0. The molecule has 2 aromatic carbocycles. The lowest BCUT2D eigenvalue weighted by molar-refractivity contribution is -0.138. The van der Waals surface area contributed by atoms with Crippen LogP contribution in [0.15, 0.2) is 42.5 Å². The normalized spacial score (nSPS) is 11.0. The van der Waals surface area contributed by atoms with Crippen LogP contribution >= 0.6 is 11.6 Å². The van der Waals surface area contributed by atoms with E-state index in [1.165, 1.54) is 26.0 Å². The van der Waals surface area contributed by atoms with Crippen LogP contribution in [0, 0.1) is 11.2 Å². The highest BCUT2D eigenvalue weighted by Gasteiger charge is 2.35. The number of anilines is 1. The van der Waals surface area contributed by atoms with Crippen LogP contribution in [0.5, 0.6) is 5.75 Å². The van der Waals surface area contributed by atoms with Crippen molar-refractivity contribution in [3.8, 4) is 5.75 Å². The molecule has 0 unspecified atom stereocenters. The average molecular weight is 393 g/mol. The molecule has 0 saturated heterocycles. The van der Waals surface area contributed by atoms with E-state index >= 15 is 0 Å². The van der Waals surface area contributed by atoms with Gasteiger partial charge in [0.25, 0.3) is 0 Å². The number of nitrogens with one attached hydrogen (secondary N) is 2. The lowest BCUT2D eigenvalue weighted by Gasteiger charge is -2.23. The van der Waals surface area contributed by atoms with Crippen LogP contribution in [-0.4, -0.2) is 25.5 Å². The summed E-state index contributed by atoms with van der Waals surface area (Å²) in [4.78, 5) is 24.9. The maximum Gasteiger partial charge on any atom is 0.239 e. The Morgan fingerprint density at radius 1 is 1.15 bits per heavy atom. The molecule has 0 aliphatic rings. The summed E-state index contributed by atoms with van der Waals surface area (Å²) >= 11 is 5.71. The molecule has 0 heterocycles. The number of amides is 2. The van der Waals surface area contributed by atoms with Gasteiger partial charge in [0.2, 0.25) is 11.8 Å². The van der Waals surface area contributed by atoms with E-state index in [0.717, 1.165) is 17.4 Å². The van der Waals surface area contributed by atoms with E-state index in [4.69, 9.17) is 16.3 Å². The first-order chi connectivity index (χ1) is 12.7. The predicted molar refractivity (Wildman–Crippen MR) is 104 cm³/mol. The van der Waals surface area contributed by atoms with E-state index in [0.29, 0.717) is 18.7 Å². The van der Waals surface area contributed by atoms with Crippen molar-refractivity contribution in [2.24, 2.45) is 5.41 Å². The highest BCUT2D eigenvalue weighted by atomic mass is 35.5. The van der Waals surface area contributed by atoms with Crippen LogP contribution in [0.4, 0.5) is 10.1 Å². The molecule has 0 bridgehead atoms. The Morgan fingerprint density at radius 3 is 2.56 bits per heavy atom. The monoisotopic (exact) mass is 392 g/mol. The largest absolute Gasteiger partial charge is 0.497 e. The number of benzene rings is 2. The van der Waals surface area contributed by atoms with E-state index < -0.39 is 23.0 Å². The lowest BCUT2D eigenvalue weighted by Crippen LogP contribution is -2.45. The molecule has 2 amide bonds. The standard InChI is InChI=1S/C20H22ClFN2O3/c1-20(2,19(26)24-14-7-8-17(22)16(21)12-14)18(25)23-10-9-13-5-4-6-15(11-13)27-3/h4-8,11-12H,9-10H2,1-3H3,(H,23,25)(H,24,26). The summed E-state index contributed by atoms with van der Waals surface area (Å²) < 4.78 is 18.4. The van der Waals surface area contributed by atoms with Crippen molar-refractivity contribution >= 4 is 29.1 Å². The van der Waals surface area contributed by atoms with Crippen LogP contribution in [-0.2, 0) is 16.0 Å². The molecule has 0 spiro atoms. The van der Waals surface area contributed by atoms with Gasteiger partial charge in [-0.1, -0.05) is 23.7 Å². The zero-order valence-corrected chi connectivity index (χ0v) is 16.2. The van der Waals surface area contributed by atoms with Gasteiger partial charge < -0.3 is 15.4 Å². The average Bonchev–Trinajstić information content (AvgIpc) is 2.64. The minimum absolute atomic E-state index is 0.103. The first-order valence-electron chi connectivity index (χ1n) is 8.42. The molecular formula is C20H22ClFN2O3. The third-order valence-corrected chi connectivity index (χ3v) is 4.44. The molecule has 0 fully saturated rings. The van der Waals surface area contributed by atoms with E-state index in [1.54, 1.807) is 7.11 Å². The van der Waals surface area contributed by atoms with E-state index in [1.807, 2.05) is 24.3 Å². The van der Waals surface area contributed by atoms with Crippen molar-refractivity contribution in [2.45, 2.75) is 20.3 Å². The number of methoxy groups -OCH3 is 1. The summed E-state index contributed by atoms with van der Waals surface area (Å²) in [5, 5.41) is 5.25. The summed E-state index contributed by atoms with van der Waals surface area (Å²) in [5.41, 5.74) is 0.0245. The van der Waals surface area contributed by atoms with Crippen molar-refractivity contribution in [3.05, 3.63) is 58.9 Å². The maximum absolute atomic E-state index is 13.2. The van der Waals surface area contributed by atoms with Crippen molar-refractivity contribution < 1.29 is 18.7 Å². The van der Waals surface area contributed by atoms with Gasteiger partial charge in [-0.2, -0.15) is 0 Å². The molecule has 2 N–H and O–H groups in total. The topological polar surface area (TPSA) is 67.4 Å². The van der Waals surface area contributed by atoms with Crippen molar-refractivity contribution in [2.75, 3.05) is 19.0 Å². The Labute approximate surface area is 162 Å². The van der Waals surface area contributed by atoms with E-state index in [-0.39, 0.29) is 5.02 Å². The Bertz CT molecular complexity index is 840. The SMILES string of the molecule is COc1cccc(CCNC(=O)C(C)(C)C(=O)Nc2ccc(F)c(Cl)c2)c1. The number of hydrogen-bond acceptors (Lipinski definition) is 3. The maximum atomic E-state index is 13.2. The van der Waals surface area contributed by atoms with Crippen LogP contribution in [0.1, 0.15) is 19.4 Å². The zero-order valence-electron chi connectivity index (χ0n) is 15.4. The van der Waals surface area contributed by atoms with Gasteiger partial charge in [-0.25, -0.2) is 4.39 Å². The van der Waals surface area contributed by atoms with E-state index in [9.17, 15) is 14.0 Å². The Hall–Kier alpha value is -2.60. The summed E-state index contributed by atoms with van der Waals surface area (Å²) in [5.74, 6) is -0.749. The highest BCUT2D eigenvalue weighted by molar-refractivity contribution is 6.31. The van der Waals surface area contributed by atoms with Crippen LogP contribution < -0.4 is 15.4 Å². The van der Waals surface area contributed by atoms with Gasteiger partial charge in [-0.05, 0) is 56.2 Å². The van der Waals surface area contributed by atoms with Gasteiger partial charge in [0.1, 0.15) is 17.0 Å². The van der Waals surface area contributed by atoms with E-state index in [2.05, 4.69) is 10.6 Å². The Balaban J connectivity index is 1.92. The fourth-order valence-electron chi connectivity index (χ4n) is 2.33. The van der Waals surface area contributed by atoms with Crippen molar-refractivity contribution in [1.29, 1.82) is 0 Å². The van der Waals surface area contributed by atoms with Crippen molar-refractivity contribution in [3.63, 3.8) is 0 Å². The van der Waals surface area contributed by atoms with Crippen molar-refractivity contribution in [1.82, 2.24) is 5.32 Å².